The zero-order chi connectivity index (χ0) is 14.8. The van der Waals surface area contributed by atoms with E-state index < -0.39 is 12.4 Å². The molecule has 0 saturated heterocycles. The molecule has 1 aromatic heterocycles. The Morgan fingerprint density at radius 2 is 1.85 bits per heavy atom. The van der Waals surface area contributed by atoms with Crippen LogP contribution >= 0.6 is 0 Å². The molecule has 0 fully saturated rings. The van der Waals surface area contributed by atoms with Crippen LogP contribution in [0.4, 0.5) is 12.9 Å². The standard InChI is InChI=1S/C14H14BF3NO/c1-10-5-12(8-19-7-10)9-20-14-4-3-13(6-11(14)2)15(16,17)18/h3-8H,9H2,1-2H3/q-1. The highest BCUT2D eigenvalue weighted by Gasteiger charge is 2.25. The average molecular weight is 280 g/mol. The summed E-state index contributed by atoms with van der Waals surface area (Å²) >= 11 is 0. The molecule has 20 heavy (non-hydrogen) atoms. The van der Waals surface area contributed by atoms with Gasteiger partial charge in [-0.15, -0.1) is 5.46 Å². The fraction of sp³-hybridized carbons (Fsp3) is 0.214. The van der Waals surface area contributed by atoms with Gasteiger partial charge >= 0.3 is 6.98 Å². The maximum atomic E-state index is 12.6. The summed E-state index contributed by atoms with van der Waals surface area (Å²) in [5.74, 6) is 0.454. The summed E-state index contributed by atoms with van der Waals surface area (Å²) in [6, 6.07) is 5.46. The normalized spacial score (nSPS) is 11.4. The summed E-state index contributed by atoms with van der Waals surface area (Å²) in [6.45, 7) is -1.16. The first-order valence-electron chi connectivity index (χ1n) is 6.20. The molecule has 0 spiro atoms. The molecule has 2 nitrogen and oxygen atoms in total. The van der Waals surface area contributed by atoms with Crippen molar-refractivity contribution in [2.45, 2.75) is 20.5 Å². The summed E-state index contributed by atoms with van der Waals surface area (Å²) < 4.78 is 43.4. The van der Waals surface area contributed by atoms with E-state index in [2.05, 4.69) is 4.98 Å². The second kappa shape index (κ2) is 5.57. The Labute approximate surface area is 115 Å². The lowest BCUT2D eigenvalue weighted by atomic mass is 9.79. The van der Waals surface area contributed by atoms with Crippen molar-refractivity contribution in [1.82, 2.24) is 4.98 Å². The SMILES string of the molecule is Cc1cncc(COc2ccc([B-](F)(F)F)cc2C)c1. The highest BCUT2D eigenvalue weighted by Crippen LogP contribution is 2.20. The molecule has 0 aliphatic heterocycles. The minimum absolute atomic E-state index is 0.284. The van der Waals surface area contributed by atoms with Gasteiger partial charge in [-0.25, -0.2) is 0 Å². The number of nitrogens with zero attached hydrogens (tertiary/aromatic N) is 1. The third-order valence-electron chi connectivity index (χ3n) is 2.90. The van der Waals surface area contributed by atoms with Gasteiger partial charge in [-0.1, -0.05) is 12.1 Å². The van der Waals surface area contributed by atoms with Crippen molar-refractivity contribution in [2.75, 3.05) is 0 Å². The van der Waals surface area contributed by atoms with Crippen LogP contribution < -0.4 is 10.2 Å². The van der Waals surface area contributed by atoms with E-state index in [-0.39, 0.29) is 6.61 Å². The first-order chi connectivity index (χ1) is 9.36. The molecule has 2 rings (SSSR count). The van der Waals surface area contributed by atoms with Gasteiger partial charge in [0.25, 0.3) is 0 Å². The van der Waals surface area contributed by atoms with Crippen LogP contribution in [0.5, 0.6) is 5.75 Å². The average Bonchev–Trinajstić information content (AvgIpc) is 2.36. The van der Waals surface area contributed by atoms with E-state index in [1.165, 1.54) is 6.07 Å². The molecule has 2 aromatic rings. The van der Waals surface area contributed by atoms with Gasteiger partial charge in [0, 0.05) is 18.0 Å². The summed E-state index contributed by atoms with van der Waals surface area (Å²) in [5.41, 5.74) is 1.76. The van der Waals surface area contributed by atoms with Gasteiger partial charge in [-0.2, -0.15) is 0 Å². The molecule has 0 unspecified atom stereocenters. The fourth-order valence-electron chi connectivity index (χ4n) is 1.90. The van der Waals surface area contributed by atoms with Gasteiger partial charge in [0.1, 0.15) is 12.4 Å². The maximum Gasteiger partial charge on any atom is 0.509 e. The van der Waals surface area contributed by atoms with E-state index in [0.717, 1.165) is 23.3 Å². The van der Waals surface area contributed by atoms with Gasteiger partial charge in [0.15, 0.2) is 0 Å². The number of halogens is 3. The van der Waals surface area contributed by atoms with Crippen LogP contribution in [0.25, 0.3) is 0 Å². The maximum absolute atomic E-state index is 12.6. The molecule has 0 atom stereocenters. The molecule has 0 saturated carbocycles. The van der Waals surface area contributed by atoms with E-state index in [0.29, 0.717) is 11.3 Å². The highest BCUT2D eigenvalue weighted by molar-refractivity contribution is 6.73. The first kappa shape index (κ1) is 14.4. The predicted molar refractivity (Wildman–Crippen MR) is 73.2 cm³/mol. The Bertz CT molecular complexity index is 614. The molecule has 1 heterocycles. The van der Waals surface area contributed by atoms with Crippen molar-refractivity contribution in [2.24, 2.45) is 0 Å². The van der Waals surface area contributed by atoms with Crippen LogP contribution in [-0.2, 0) is 6.61 Å². The summed E-state index contributed by atoms with van der Waals surface area (Å²) in [4.78, 5) is 4.04. The van der Waals surface area contributed by atoms with E-state index in [1.807, 2.05) is 13.0 Å². The van der Waals surface area contributed by atoms with Crippen molar-refractivity contribution in [3.63, 3.8) is 0 Å². The number of pyridine rings is 1. The summed E-state index contributed by atoms with van der Waals surface area (Å²) in [6.07, 6.45) is 3.41. The topological polar surface area (TPSA) is 22.1 Å². The van der Waals surface area contributed by atoms with E-state index in [9.17, 15) is 12.9 Å². The van der Waals surface area contributed by atoms with E-state index >= 15 is 0 Å². The van der Waals surface area contributed by atoms with E-state index in [1.54, 1.807) is 19.3 Å². The van der Waals surface area contributed by atoms with Crippen molar-refractivity contribution in [3.8, 4) is 5.75 Å². The van der Waals surface area contributed by atoms with Crippen molar-refractivity contribution in [3.05, 3.63) is 53.3 Å². The number of benzene rings is 1. The van der Waals surface area contributed by atoms with Crippen LogP contribution in [0.15, 0.2) is 36.7 Å². The van der Waals surface area contributed by atoms with Gasteiger partial charge in [-0.3, -0.25) is 4.98 Å². The highest BCUT2D eigenvalue weighted by atomic mass is 19.4. The van der Waals surface area contributed by atoms with Crippen LogP contribution in [0.3, 0.4) is 0 Å². The molecular formula is C14H14BF3NO-. The quantitative estimate of drug-likeness (QED) is 0.801. The van der Waals surface area contributed by atoms with Gasteiger partial charge in [-0.05, 0) is 37.1 Å². The molecule has 1 aromatic carbocycles. The zero-order valence-corrected chi connectivity index (χ0v) is 11.2. The lowest BCUT2D eigenvalue weighted by Gasteiger charge is -2.17. The van der Waals surface area contributed by atoms with E-state index in [4.69, 9.17) is 4.74 Å². The number of aryl methyl sites for hydroxylation is 2. The molecule has 0 aliphatic carbocycles. The second-order valence-electron chi connectivity index (χ2n) is 4.76. The van der Waals surface area contributed by atoms with Crippen molar-refractivity contribution >= 4 is 12.4 Å². The fourth-order valence-corrected chi connectivity index (χ4v) is 1.90. The Kier molecular flexibility index (Phi) is 4.02. The van der Waals surface area contributed by atoms with Gasteiger partial charge in [0.2, 0.25) is 0 Å². The predicted octanol–water partition coefficient (Wildman–Crippen LogP) is 3.33. The van der Waals surface area contributed by atoms with Crippen LogP contribution in [0.2, 0.25) is 0 Å². The zero-order valence-electron chi connectivity index (χ0n) is 11.2. The number of hydrogen-bond acceptors (Lipinski definition) is 2. The number of hydrogen-bond donors (Lipinski definition) is 0. The molecular weight excluding hydrogens is 266 g/mol. The number of ether oxygens (including phenoxy) is 1. The minimum Gasteiger partial charge on any atom is -0.489 e. The third-order valence-corrected chi connectivity index (χ3v) is 2.90. The Morgan fingerprint density at radius 1 is 1.10 bits per heavy atom. The van der Waals surface area contributed by atoms with Gasteiger partial charge in [0.05, 0.1) is 0 Å². The smallest absolute Gasteiger partial charge is 0.489 e. The lowest BCUT2D eigenvalue weighted by molar-refractivity contribution is 0.303. The minimum atomic E-state index is -4.97. The number of rotatable bonds is 4. The Balaban J connectivity index is 2.11. The molecule has 0 aliphatic rings. The summed E-state index contributed by atoms with van der Waals surface area (Å²) in [5, 5.41) is 0. The van der Waals surface area contributed by atoms with Crippen LogP contribution in [0, 0.1) is 13.8 Å². The Hall–Kier alpha value is -1.98. The molecule has 0 amide bonds. The number of aromatic nitrogens is 1. The molecule has 6 heteroatoms. The molecule has 0 radical (unpaired) electrons. The summed E-state index contributed by atoms with van der Waals surface area (Å²) in [7, 11) is 0. The second-order valence-corrected chi connectivity index (χ2v) is 4.76. The van der Waals surface area contributed by atoms with Crippen LogP contribution in [-0.4, -0.2) is 12.0 Å². The van der Waals surface area contributed by atoms with Crippen LogP contribution in [0.1, 0.15) is 16.7 Å². The Morgan fingerprint density at radius 3 is 2.45 bits per heavy atom. The molecule has 0 bridgehead atoms. The van der Waals surface area contributed by atoms with Gasteiger partial charge < -0.3 is 17.7 Å². The third kappa shape index (κ3) is 3.53. The molecule has 0 N–H and O–H groups in total. The lowest BCUT2D eigenvalue weighted by Crippen LogP contribution is -2.34. The first-order valence-corrected chi connectivity index (χ1v) is 6.20. The molecule has 106 valence electrons. The monoisotopic (exact) mass is 280 g/mol. The largest absolute Gasteiger partial charge is 0.509 e. The van der Waals surface area contributed by atoms with Crippen molar-refractivity contribution in [1.29, 1.82) is 0 Å². The van der Waals surface area contributed by atoms with Crippen molar-refractivity contribution < 1.29 is 17.7 Å².